The van der Waals surface area contributed by atoms with Gasteiger partial charge >= 0.3 is 0 Å². The molecule has 1 nitrogen and oxygen atoms in total. The zero-order valence-electron chi connectivity index (χ0n) is 8.68. The van der Waals surface area contributed by atoms with Crippen LogP contribution in [-0.2, 0) is 4.79 Å². The highest BCUT2D eigenvalue weighted by Gasteiger charge is 2.15. The van der Waals surface area contributed by atoms with Gasteiger partial charge in [0.15, 0.2) is 0 Å². The molecular formula is C11H20O. The summed E-state index contributed by atoms with van der Waals surface area (Å²) in [5, 5.41) is 0. The van der Waals surface area contributed by atoms with Crippen LogP contribution in [0.4, 0.5) is 0 Å². The highest BCUT2D eigenvalue weighted by atomic mass is 16.1. The SMILES string of the molecule is CC(C)=CCCC(C)(C)CC=O. The first-order valence-electron chi connectivity index (χ1n) is 4.55. The molecule has 0 rings (SSSR count). The first-order chi connectivity index (χ1) is 5.48. The van der Waals surface area contributed by atoms with E-state index in [1.54, 1.807) is 0 Å². The lowest BCUT2D eigenvalue weighted by atomic mass is 9.85. The van der Waals surface area contributed by atoms with Crippen LogP contribution < -0.4 is 0 Å². The van der Waals surface area contributed by atoms with Gasteiger partial charge in [0.2, 0.25) is 0 Å². The molecular weight excluding hydrogens is 148 g/mol. The van der Waals surface area contributed by atoms with Crippen molar-refractivity contribution in [3.05, 3.63) is 11.6 Å². The van der Waals surface area contributed by atoms with Crippen LogP contribution in [0.2, 0.25) is 0 Å². The molecule has 0 bridgehead atoms. The third-order valence-electron chi connectivity index (χ3n) is 2.01. The average molecular weight is 168 g/mol. The van der Waals surface area contributed by atoms with Crippen molar-refractivity contribution in [3.63, 3.8) is 0 Å². The maximum atomic E-state index is 10.3. The second kappa shape index (κ2) is 5.13. The van der Waals surface area contributed by atoms with Crippen molar-refractivity contribution in [2.24, 2.45) is 5.41 Å². The van der Waals surface area contributed by atoms with Crippen LogP contribution in [0.5, 0.6) is 0 Å². The summed E-state index contributed by atoms with van der Waals surface area (Å²) in [5.41, 5.74) is 1.53. The molecule has 0 aliphatic rings. The van der Waals surface area contributed by atoms with Gasteiger partial charge in [0.05, 0.1) is 0 Å². The number of hydrogen-bond donors (Lipinski definition) is 0. The Kier molecular flexibility index (Phi) is 4.87. The summed E-state index contributed by atoms with van der Waals surface area (Å²) in [6.45, 7) is 8.49. The summed E-state index contributed by atoms with van der Waals surface area (Å²) in [5.74, 6) is 0. The first kappa shape index (κ1) is 11.4. The Morgan fingerprint density at radius 3 is 2.33 bits per heavy atom. The predicted octanol–water partition coefficient (Wildman–Crippen LogP) is 3.35. The van der Waals surface area contributed by atoms with E-state index in [-0.39, 0.29) is 5.41 Å². The maximum absolute atomic E-state index is 10.3. The van der Waals surface area contributed by atoms with E-state index >= 15 is 0 Å². The Morgan fingerprint density at radius 1 is 1.33 bits per heavy atom. The third kappa shape index (κ3) is 6.14. The number of carbonyl (C=O) groups excluding carboxylic acids is 1. The molecule has 0 aromatic carbocycles. The largest absolute Gasteiger partial charge is 0.303 e. The van der Waals surface area contributed by atoms with Crippen molar-refractivity contribution in [2.75, 3.05) is 0 Å². The predicted molar refractivity (Wildman–Crippen MR) is 53.1 cm³/mol. The fourth-order valence-corrected chi connectivity index (χ4v) is 1.08. The molecule has 0 aromatic heterocycles. The molecule has 0 saturated heterocycles. The second-order valence-corrected chi connectivity index (χ2v) is 4.36. The molecule has 0 atom stereocenters. The second-order valence-electron chi connectivity index (χ2n) is 4.36. The van der Waals surface area contributed by atoms with Gasteiger partial charge in [-0.05, 0) is 32.1 Å². The van der Waals surface area contributed by atoms with Crippen LogP contribution in [0.3, 0.4) is 0 Å². The monoisotopic (exact) mass is 168 g/mol. The number of rotatable bonds is 5. The van der Waals surface area contributed by atoms with Crippen LogP contribution in [0.15, 0.2) is 11.6 Å². The van der Waals surface area contributed by atoms with Gasteiger partial charge in [-0.1, -0.05) is 25.5 Å². The zero-order valence-corrected chi connectivity index (χ0v) is 8.68. The van der Waals surface area contributed by atoms with Gasteiger partial charge in [-0.2, -0.15) is 0 Å². The smallest absolute Gasteiger partial charge is 0.120 e. The lowest BCUT2D eigenvalue weighted by molar-refractivity contribution is -0.109. The van der Waals surface area contributed by atoms with E-state index < -0.39 is 0 Å². The molecule has 0 fully saturated rings. The van der Waals surface area contributed by atoms with Crippen LogP contribution >= 0.6 is 0 Å². The summed E-state index contributed by atoms with van der Waals surface area (Å²) in [7, 11) is 0. The third-order valence-corrected chi connectivity index (χ3v) is 2.01. The summed E-state index contributed by atoms with van der Waals surface area (Å²) in [6, 6.07) is 0. The van der Waals surface area contributed by atoms with E-state index in [0.717, 1.165) is 19.1 Å². The van der Waals surface area contributed by atoms with E-state index in [2.05, 4.69) is 33.8 Å². The van der Waals surface area contributed by atoms with Gasteiger partial charge in [-0.3, -0.25) is 0 Å². The molecule has 0 heterocycles. The molecule has 0 aliphatic carbocycles. The Balaban J connectivity index is 3.75. The number of aldehydes is 1. The van der Waals surface area contributed by atoms with Crippen LogP contribution in [0, 0.1) is 5.41 Å². The fourth-order valence-electron chi connectivity index (χ4n) is 1.08. The summed E-state index contributed by atoms with van der Waals surface area (Å²) in [4.78, 5) is 10.3. The molecule has 0 radical (unpaired) electrons. The zero-order chi connectivity index (χ0) is 9.61. The van der Waals surface area contributed by atoms with Crippen molar-refractivity contribution in [3.8, 4) is 0 Å². The van der Waals surface area contributed by atoms with Crippen LogP contribution in [-0.4, -0.2) is 6.29 Å². The number of allylic oxidation sites excluding steroid dienone is 2. The minimum Gasteiger partial charge on any atom is -0.303 e. The Hall–Kier alpha value is -0.590. The lowest BCUT2D eigenvalue weighted by Gasteiger charge is -2.20. The van der Waals surface area contributed by atoms with Gasteiger partial charge in [-0.15, -0.1) is 0 Å². The molecule has 0 amide bonds. The minimum atomic E-state index is 0.174. The Labute approximate surface area is 75.9 Å². The highest BCUT2D eigenvalue weighted by molar-refractivity contribution is 5.50. The van der Waals surface area contributed by atoms with E-state index in [9.17, 15) is 4.79 Å². The van der Waals surface area contributed by atoms with Crippen molar-refractivity contribution in [2.45, 2.75) is 47.0 Å². The molecule has 0 saturated carbocycles. The highest BCUT2D eigenvalue weighted by Crippen LogP contribution is 2.25. The van der Waals surface area contributed by atoms with Crippen molar-refractivity contribution >= 4 is 6.29 Å². The van der Waals surface area contributed by atoms with Gasteiger partial charge in [0, 0.05) is 6.42 Å². The Morgan fingerprint density at radius 2 is 1.92 bits per heavy atom. The van der Waals surface area contributed by atoms with Gasteiger partial charge < -0.3 is 4.79 Å². The van der Waals surface area contributed by atoms with Gasteiger partial charge in [0.25, 0.3) is 0 Å². The van der Waals surface area contributed by atoms with E-state index in [4.69, 9.17) is 0 Å². The van der Waals surface area contributed by atoms with E-state index in [1.165, 1.54) is 5.57 Å². The topological polar surface area (TPSA) is 17.1 Å². The quantitative estimate of drug-likeness (QED) is 0.454. The molecule has 0 N–H and O–H groups in total. The molecule has 0 aromatic rings. The molecule has 0 aliphatic heterocycles. The average Bonchev–Trinajstić information content (AvgIpc) is 1.85. The molecule has 12 heavy (non-hydrogen) atoms. The van der Waals surface area contributed by atoms with Gasteiger partial charge in [0.1, 0.15) is 6.29 Å². The van der Waals surface area contributed by atoms with E-state index in [1.807, 2.05) is 0 Å². The summed E-state index contributed by atoms with van der Waals surface area (Å²) >= 11 is 0. The van der Waals surface area contributed by atoms with Crippen molar-refractivity contribution < 1.29 is 4.79 Å². The maximum Gasteiger partial charge on any atom is 0.120 e. The normalized spacial score (nSPS) is 11.0. The lowest BCUT2D eigenvalue weighted by Crippen LogP contribution is -2.11. The Bertz CT molecular complexity index is 162. The van der Waals surface area contributed by atoms with Crippen LogP contribution in [0.1, 0.15) is 47.0 Å². The molecule has 0 spiro atoms. The fraction of sp³-hybridized carbons (Fsp3) is 0.727. The molecule has 0 unspecified atom stereocenters. The van der Waals surface area contributed by atoms with E-state index in [0.29, 0.717) is 6.42 Å². The summed E-state index contributed by atoms with van der Waals surface area (Å²) < 4.78 is 0. The van der Waals surface area contributed by atoms with Crippen molar-refractivity contribution in [1.82, 2.24) is 0 Å². The summed E-state index contributed by atoms with van der Waals surface area (Å²) in [6.07, 6.45) is 6.10. The number of carbonyl (C=O) groups is 1. The molecule has 70 valence electrons. The minimum absolute atomic E-state index is 0.174. The molecule has 1 heteroatoms. The van der Waals surface area contributed by atoms with Gasteiger partial charge in [-0.25, -0.2) is 0 Å². The van der Waals surface area contributed by atoms with Crippen LogP contribution in [0.25, 0.3) is 0 Å². The van der Waals surface area contributed by atoms with Crippen molar-refractivity contribution in [1.29, 1.82) is 0 Å². The standard InChI is InChI=1S/C11H20O/c1-10(2)6-5-7-11(3,4)8-9-12/h6,9H,5,7-8H2,1-4H3. The number of hydrogen-bond acceptors (Lipinski definition) is 1. The first-order valence-corrected chi connectivity index (χ1v) is 4.55.